The van der Waals surface area contributed by atoms with E-state index in [0.29, 0.717) is 0 Å². The lowest BCUT2D eigenvalue weighted by molar-refractivity contribution is 1.27. The quantitative estimate of drug-likeness (QED) is 0.713. The Hall–Kier alpha value is -2.15. The van der Waals surface area contributed by atoms with Gasteiger partial charge in [0.1, 0.15) is 0 Å². The third-order valence-corrected chi connectivity index (χ3v) is 4.02. The minimum atomic E-state index is 0.862. The lowest BCUT2D eigenvalue weighted by Gasteiger charge is -2.12. The van der Waals surface area contributed by atoms with Crippen LogP contribution in [0.4, 0.5) is 0 Å². The molecule has 3 rings (SSSR count). The van der Waals surface area contributed by atoms with E-state index < -0.39 is 0 Å². The van der Waals surface area contributed by atoms with Crippen LogP contribution in [-0.4, -0.2) is 6.21 Å². The molecule has 2 aliphatic rings. The van der Waals surface area contributed by atoms with E-state index >= 15 is 0 Å². The minimum absolute atomic E-state index is 0.862. The Morgan fingerprint density at radius 3 is 2.90 bits per heavy atom. The van der Waals surface area contributed by atoms with Crippen LogP contribution < -0.4 is 0 Å². The van der Waals surface area contributed by atoms with Crippen LogP contribution in [0.3, 0.4) is 0 Å². The molecule has 1 heterocycles. The lowest BCUT2D eigenvalue weighted by atomic mass is 9.96. The summed E-state index contributed by atoms with van der Waals surface area (Å²) in [5, 5.41) is 0. The predicted octanol–water partition coefficient (Wildman–Crippen LogP) is 4.96. The van der Waals surface area contributed by atoms with E-state index in [-0.39, 0.29) is 0 Å². The first-order chi connectivity index (χ1) is 9.69. The summed E-state index contributed by atoms with van der Waals surface area (Å²) in [6.45, 7) is 8.28. The Morgan fingerprint density at radius 1 is 1.30 bits per heavy atom. The van der Waals surface area contributed by atoms with Crippen LogP contribution >= 0.6 is 0 Å². The molecule has 0 radical (unpaired) electrons. The van der Waals surface area contributed by atoms with Crippen molar-refractivity contribution in [3.05, 3.63) is 71.0 Å². The van der Waals surface area contributed by atoms with Crippen LogP contribution in [0, 0.1) is 0 Å². The van der Waals surface area contributed by atoms with Gasteiger partial charge in [-0.15, -0.1) is 0 Å². The molecule has 20 heavy (non-hydrogen) atoms. The number of fused-ring (bicyclic) bond motifs is 1. The Balaban J connectivity index is 2.04. The molecule has 0 N–H and O–H groups in total. The Labute approximate surface area is 120 Å². The Bertz CT molecular complexity index is 696. The first-order valence-corrected chi connectivity index (χ1v) is 7.08. The second kappa shape index (κ2) is 5.09. The van der Waals surface area contributed by atoms with Gasteiger partial charge in [0.05, 0.1) is 5.70 Å². The van der Waals surface area contributed by atoms with Crippen molar-refractivity contribution in [2.24, 2.45) is 4.99 Å². The highest BCUT2D eigenvalue weighted by Crippen LogP contribution is 2.36. The Morgan fingerprint density at radius 2 is 2.15 bits per heavy atom. The Kier molecular flexibility index (Phi) is 3.27. The molecule has 0 spiro atoms. The molecule has 0 unspecified atom stereocenters. The standard InChI is InChI=1S/C19H19N/c1-4-14(3)16-6-5-15-7-8-17(18(15)12-16)19-11-13(2)9-10-20-19/h4-6,8,10-12H,2,7,9H2,1,3H3/b14-4+. The zero-order valence-corrected chi connectivity index (χ0v) is 12.1. The van der Waals surface area contributed by atoms with Crippen molar-refractivity contribution < 1.29 is 0 Å². The lowest BCUT2D eigenvalue weighted by Crippen LogP contribution is -1.95. The van der Waals surface area contributed by atoms with Crippen molar-refractivity contribution >= 4 is 17.4 Å². The molecule has 100 valence electrons. The van der Waals surface area contributed by atoms with Gasteiger partial charge in [0.15, 0.2) is 0 Å². The molecule has 1 aliphatic heterocycles. The first-order valence-electron chi connectivity index (χ1n) is 7.08. The third kappa shape index (κ3) is 2.20. The molecule has 0 amide bonds. The van der Waals surface area contributed by atoms with E-state index in [1.807, 2.05) is 6.21 Å². The molecule has 0 atom stereocenters. The summed E-state index contributed by atoms with van der Waals surface area (Å²) in [5.74, 6) is 0. The van der Waals surface area contributed by atoms with Crippen molar-refractivity contribution in [2.75, 3.05) is 0 Å². The summed E-state index contributed by atoms with van der Waals surface area (Å²) >= 11 is 0. The summed E-state index contributed by atoms with van der Waals surface area (Å²) in [7, 11) is 0. The predicted molar refractivity (Wildman–Crippen MR) is 87.8 cm³/mol. The highest BCUT2D eigenvalue weighted by Gasteiger charge is 2.18. The molecular formula is C19H19N. The van der Waals surface area contributed by atoms with Crippen LogP contribution in [0.15, 0.2) is 59.3 Å². The van der Waals surface area contributed by atoms with Gasteiger partial charge in [0, 0.05) is 18.2 Å². The molecule has 0 bridgehead atoms. The summed E-state index contributed by atoms with van der Waals surface area (Å²) in [4.78, 5) is 4.55. The molecule has 0 fully saturated rings. The van der Waals surface area contributed by atoms with E-state index in [4.69, 9.17) is 0 Å². The fourth-order valence-electron chi connectivity index (χ4n) is 2.68. The van der Waals surface area contributed by atoms with Crippen molar-refractivity contribution in [1.82, 2.24) is 0 Å². The van der Waals surface area contributed by atoms with Crippen molar-refractivity contribution in [2.45, 2.75) is 26.7 Å². The van der Waals surface area contributed by atoms with Gasteiger partial charge in [-0.05, 0) is 60.2 Å². The second-order valence-corrected chi connectivity index (χ2v) is 5.37. The van der Waals surface area contributed by atoms with Crippen molar-refractivity contribution in [3.63, 3.8) is 0 Å². The topological polar surface area (TPSA) is 12.4 Å². The van der Waals surface area contributed by atoms with Gasteiger partial charge in [-0.3, -0.25) is 4.99 Å². The fraction of sp³-hybridized carbons (Fsp3) is 0.211. The minimum Gasteiger partial charge on any atom is -0.260 e. The smallest absolute Gasteiger partial charge is 0.0703 e. The monoisotopic (exact) mass is 261 g/mol. The molecule has 0 aromatic heterocycles. The number of allylic oxidation sites excluding steroid dienone is 6. The maximum Gasteiger partial charge on any atom is 0.0703 e. The number of rotatable bonds is 2. The first kappa shape index (κ1) is 12.9. The molecule has 1 aliphatic carbocycles. The van der Waals surface area contributed by atoms with Crippen LogP contribution in [0.5, 0.6) is 0 Å². The van der Waals surface area contributed by atoms with E-state index in [0.717, 1.165) is 24.1 Å². The number of benzene rings is 1. The third-order valence-electron chi connectivity index (χ3n) is 4.02. The van der Waals surface area contributed by atoms with E-state index in [2.05, 4.69) is 61.8 Å². The summed E-state index contributed by atoms with van der Waals surface area (Å²) in [6.07, 6.45) is 10.4. The van der Waals surface area contributed by atoms with Crippen molar-refractivity contribution in [3.8, 4) is 0 Å². The van der Waals surface area contributed by atoms with Gasteiger partial charge in [0.2, 0.25) is 0 Å². The number of hydrogen-bond donors (Lipinski definition) is 0. The summed E-state index contributed by atoms with van der Waals surface area (Å²) < 4.78 is 0. The largest absolute Gasteiger partial charge is 0.260 e. The zero-order chi connectivity index (χ0) is 14.1. The van der Waals surface area contributed by atoms with Crippen LogP contribution in [0.1, 0.15) is 37.0 Å². The van der Waals surface area contributed by atoms with Crippen molar-refractivity contribution in [1.29, 1.82) is 0 Å². The van der Waals surface area contributed by atoms with E-state index in [1.165, 1.54) is 27.8 Å². The van der Waals surface area contributed by atoms with E-state index in [9.17, 15) is 0 Å². The molecule has 1 aromatic rings. The van der Waals surface area contributed by atoms with Crippen LogP contribution in [0.2, 0.25) is 0 Å². The summed E-state index contributed by atoms with van der Waals surface area (Å²) in [5.41, 5.74) is 8.74. The zero-order valence-electron chi connectivity index (χ0n) is 12.1. The van der Waals surface area contributed by atoms with Gasteiger partial charge in [0.25, 0.3) is 0 Å². The van der Waals surface area contributed by atoms with Gasteiger partial charge in [-0.25, -0.2) is 0 Å². The number of hydrogen-bond acceptors (Lipinski definition) is 1. The van der Waals surface area contributed by atoms with Gasteiger partial charge in [-0.1, -0.05) is 30.9 Å². The summed E-state index contributed by atoms with van der Waals surface area (Å²) in [6, 6.07) is 6.74. The number of nitrogens with zero attached hydrogens (tertiary/aromatic N) is 1. The molecule has 1 nitrogen and oxygen atoms in total. The van der Waals surface area contributed by atoms with Gasteiger partial charge >= 0.3 is 0 Å². The average molecular weight is 261 g/mol. The molecular weight excluding hydrogens is 242 g/mol. The highest BCUT2D eigenvalue weighted by molar-refractivity contribution is 5.88. The fourth-order valence-corrected chi connectivity index (χ4v) is 2.68. The van der Waals surface area contributed by atoms with Crippen LogP contribution in [0.25, 0.3) is 11.1 Å². The van der Waals surface area contributed by atoms with Crippen LogP contribution in [-0.2, 0) is 6.42 Å². The van der Waals surface area contributed by atoms with Gasteiger partial charge < -0.3 is 0 Å². The number of aliphatic imine (C=N–C) groups is 1. The van der Waals surface area contributed by atoms with Gasteiger partial charge in [-0.2, -0.15) is 0 Å². The second-order valence-electron chi connectivity index (χ2n) is 5.37. The normalized spacial score (nSPS) is 17.9. The van der Waals surface area contributed by atoms with E-state index in [1.54, 1.807) is 0 Å². The maximum absolute atomic E-state index is 4.55. The SMILES string of the molecule is C=C1C=C(C2=CCc3ccc(/C(C)=C/C)cc32)N=CC1. The molecule has 0 saturated heterocycles. The molecule has 0 saturated carbocycles. The highest BCUT2D eigenvalue weighted by atomic mass is 14.7. The molecule has 1 heteroatoms. The maximum atomic E-state index is 4.55. The average Bonchev–Trinajstić information content (AvgIpc) is 2.89. The molecule has 1 aromatic carbocycles.